The van der Waals surface area contributed by atoms with Crippen LogP contribution in [0.1, 0.15) is 50.7 Å². The van der Waals surface area contributed by atoms with Crippen molar-refractivity contribution in [3.05, 3.63) is 50.8 Å². The van der Waals surface area contributed by atoms with Gasteiger partial charge in [-0.2, -0.15) is 4.98 Å². The van der Waals surface area contributed by atoms with E-state index < -0.39 is 34.9 Å². The number of hydrogen-bond acceptors (Lipinski definition) is 10. The zero-order chi connectivity index (χ0) is 27.1. The summed E-state index contributed by atoms with van der Waals surface area (Å²) in [6.07, 6.45) is -0.951. The maximum Gasteiger partial charge on any atom is 0.278 e. The number of anilines is 1. The van der Waals surface area contributed by atoms with Gasteiger partial charge in [0, 0.05) is 18.2 Å². The zero-order valence-corrected chi connectivity index (χ0v) is 21.7. The van der Waals surface area contributed by atoms with Crippen LogP contribution in [0.5, 0.6) is 5.75 Å². The van der Waals surface area contributed by atoms with Gasteiger partial charge in [-0.05, 0) is 17.5 Å². The third-order valence-corrected chi connectivity index (χ3v) is 6.60. The molecule has 4 atom stereocenters. The lowest BCUT2D eigenvalue weighted by Crippen LogP contribution is -2.24. The number of methoxy groups -OCH3 is 1. The highest BCUT2D eigenvalue weighted by molar-refractivity contribution is 6.34. The van der Waals surface area contributed by atoms with E-state index in [0.29, 0.717) is 27.9 Å². The van der Waals surface area contributed by atoms with E-state index >= 15 is 0 Å². The quantitative estimate of drug-likeness (QED) is 0.220. The maximum absolute atomic E-state index is 11.9. The summed E-state index contributed by atoms with van der Waals surface area (Å²) in [4.78, 5) is 19.8. The van der Waals surface area contributed by atoms with Gasteiger partial charge in [0.2, 0.25) is 5.95 Å². The van der Waals surface area contributed by atoms with Crippen molar-refractivity contribution in [3.63, 3.8) is 0 Å². The first-order chi connectivity index (χ1) is 17.4. The van der Waals surface area contributed by atoms with Crippen LogP contribution in [-0.4, -0.2) is 55.6 Å². The average Bonchev–Trinajstić information content (AvgIpc) is 3.38. The summed E-state index contributed by atoms with van der Waals surface area (Å²) >= 11 is 6.46. The largest absolute Gasteiger partial charge is 0.497 e. The molecule has 4 N–H and O–H groups in total. The van der Waals surface area contributed by atoms with Crippen molar-refractivity contribution in [1.82, 2.24) is 14.5 Å². The molecule has 13 heteroatoms. The van der Waals surface area contributed by atoms with E-state index in [1.165, 1.54) is 13.2 Å². The summed E-state index contributed by atoms with van der Waals surface area (Å²) in [5, 5.41) is 32.2. The smallest absolute Gasteiger partial charge is 0.278 e. The van der Waals surface area contributed by atoms with Crippen molar-refractivity contribution < 1.29 is 29.3 Å². The van der Waals surface area contributed by atoms with Crippen LogP contribution in [0.25, 0.3) is 11.0 Å². The van der Waals surface area contributed by atoms with Crippen LogP contribution in [0.3, 0.4) is 0 Å². The van der Waals surface area contributed by atoms with Gasteiger partial charge in [-0.25, -0.2) is 4.98 Å². The predicted molar refractivity (Wildman–Crippen MR) is 135 cm³/mol. The van der Waals surface area contributed by atoms with Crippen molar-refractivity contribution in [2.24, 2.45) is 5.41 Å². The Morgan fingerprint density at radius 1 is 1.38 bits per heavy atom. The molecule has 1 fully saturated rings. The topological polar surface area (TPSA) is 168 Å². The second-order valence-electron chi connectivity index (χ2n) is 9.99. The molecule has 37 heavy (non-hydrogen) atoms. The number of ether oxygens (including phenoxy) is 3. The van der Waals surface area contributed by atoms with Gasteiger partial charge in [0.05, 0.1) is 54.5 Å². The van der Waals surface area contributed by atoms with Gasteiger partial charge >= 0.3 is 0 Å². The molecule has 1 aliphatic heterocycles. The van der Waals surface area contributed by atoms with Gasteiger partial charge in [0.1, 0.15) is 28.9 Å². The number of aliphatic hydroxyl groups is 2. The number of halogens is 1. The van der Waals surface area contributed by atoms with Crippen LogP contribution in [0, 0.1) is 15.5 Å². The van der Waals surface area contributed by atoms with Crippen LogP contribution in [0.2, 0.25) is 5.15 Å². The van der Waals surface area contributed by atoms with Crippen LogP contribution >= 0.6 is 11.6 Å². The minimum absolute atomic E-state index is 0.0142. The molecule has 1 aromatic carbocycles. The SMILES string of the molecule is COc1ccc(C(OCc2cn([C@H]3C[C@@H](O)[C@@H](CO)O3)c3nc(N)nc(Cl)c23)C(C)(C)C)c([N+](=O)[O-])c1. The van der Waals surface area contributed by atoms with Crippen molar-refractivity contribution in [1.29, 1.82) is 0 Å². The monoisotopic (exact) mass is 535 g/mol. The van der Waals surface area contributed by atoms with E-state index in [9.17, 15) is 20.3 Å². The first-order valence-electron chi connectivity index (χ1n) is 11.6. The summed E-state index contributed by atoms with van der Waals surface area (Å²) in [6.45, 7) is 5.45. The summed E-state index contributed by atoms with van der Waals surface area (Å²) in [5.41, 5.74) is 6.62. The second-order valence-corrected chi connectivity index (χ2v) is 10.3. The fourth-order valence-electron chi connectivity index (χ4n) is 4.58. The molecule has 200 valence electrons. The molecule has 1 unspecified atom stereocenters. The summed E-state index contributed by atoms with van der Waals surface area (Å²) in [6, 6.07) is 4.66. The Hall–Kier alpha value is -3.03. The fourth-order valence-corrected chi connectivity index (χ4v) is 4.88. The molecule has 3 aromatic rings. The molecule has 0 saturated carbocycles. The molecule has 2 aromatic heterocycles. The summed E-state index contributed by atoms with van der Waals surface area (Å²) < 4.78 is 19.0. The standard InChI is InChI=1S/C24H30ClN5O7/c1-24(2,3)20(14-6-5-13(35-4)7-15(14)30(33)34)36-11-12-9-29(18-8-16(32)17(10-31)37-18)22-19(12)21(25)27-23(26)28-22/h5-7,9,16-18,20,31-32H,8,10-11H2,1-4H3,(H2,26,27,28)/t16-,17-,18-,20?/m1/s1. The number of rotatable bonds is 8. The lowest BCUT2D eigenvalue weighted by Gasteiger charge is -2.31. The number of nitrogens with two attached hydrogens (primary N) is 1. The fraction of sp³-hybridized carbons (Fsp3) is 0.500. The highest BCUT2D eigenvalue weighted by Crippen LogP contribution is 2.43. The Labute approximate surface area is 218 Å². The normalized spacial score (nSPS) is 20.9. The molecule has 1 aliphatic rings. The minimum Gasteiger partial charge on any atom is -0.497 e. The van der Waals surface area contributed by atoms with Crippen molar-refractivity contribution in [3.8, 4) is 5.75 Å². The van der Waals surface area contributed by atoms with Gasteiger partial charge in [0.15, 0.2) is 0 Å². The van der Waals surface area contributed by atoms with Crippen LogP contribution < -0.4 is 10.5 Å². The number of aromatic nitrogens is 3. The van der Waals surface area contributed by atoms with Gasteiger partial charge in [-0.1, -0.05) is 32.4 Å². The molecule has 3 heterocycles. The van der Waals surface area contributed by atoms with E-state index in [1.807, 2.05) is 20.8 Å². The number of fused-ring (bicyclic) bond motifs is 1. The van der Waals surface area contributed by atoms with Gasteiger partial charge in [0.25, 0.3) is 5.69 Å². The van der Waals surface area contributed by atoms with Crippen molar-refractivity contribution in [2.45, 2.75) is 58.3 Å². The third-order valence-electron chi connectivity index (χ3n) is 6.33. The van der Waals surface area contributed by atoms with Crippen LogP contribution in [0.4, 0.5) is 11.6 Å². The number of aliphatic hydroxyl groups excluding tert-OH is 2. The number of nitrogen functional groups attached to an aromatic ring is 1. The number of nitro groups is 1. The number of benzene rings is 1. The van der Waals surface area contributed by atoms with E-state index in [4.69, 9.17) is 31.5 Å². The van der Waals surface area contributed by atoms with Crippen LogP contribution in [0.15, 0.2) is 24.4 Å². The molecule has 1 saturated heterocycles. The summed E-state index contributed by atoms with van der Waals surface area (Å²) in [7, 11) is 1.45. The predicted octanol–water partition coefficient (Wildman–Crippen LogP) is 3.53. The van der Waals surface area contributed by atoms with E-state index in [0.717, 1.165) is 0 Å². The molecule has 0 radical (unpaired) electrons. The first-order valence-corrected chi connectivity index (χ1v) is 12.0. The number of nitro benzene ring substituents is 1. The van der Waals surface area contributed by atoms with Crippen molar-refractivity contribution in [2.75, 3.05) is 19.5 Å². The molecular weight excluding hydrogens is 506 g/mol. The lowest BCUT2D eigenvalue weighted by molar-refractivity contribution is -0.386. The molecule has 0 amide bonds. The number of nitrogens with zero attached hydrogens (tertiary/aromatic N) is 4. The molecule has 12 nitrogen and oxygen atoms in total. The molecule has 4 rings (SSSR count). The van der Waals surface area contributed by atoms with Gasteiger partial charge in [-0.3, -0.25) is 10.1 Å². The van der Waals surface area contributed by atoms with E-state index in [-0.39, 0.29) is 36.4 Å². The third kappa shape index (κ3) is 5.34. The van der Waals surface area contributed by atoms with Gasteiger partial charge in [-0.15, -0.1) is 0 Å². The highest BCUT2D eigenvalue weighted by Gasteiger charge is 2.37. The lowest BCUT2D eigenvalue weighted by atomic mass is 9.84. The van der Waals surface area contributed by atoms with Crippen LogP contribution in [-0.2, 0) is 16.1 Å². The Kier molecular flexibility index (Phi) is 7.58. The van der Waals surface area contributed by atoms with Gasteiger partial charge < -0.3 is 34.7 Å². The minimum atomic E-state index is -0.859. The molecule has 0 spiro atoms. The Balaban J connectivity index is 1.74. The Morgan fingerprint density at radius 3 is 2.70 bits per heavy atom. The first kappa shape index (κ1) is 27.0. The zero-order valence-electron chi connectivity index (χ0n) is 20.9. The number of hydrogen-bond donors (Lipinski definition) is 3. The average molecular weight is 536 g/mol. The highest BCUT2D eigenvalue weighted by atomic mass is 35.5. The molecular formula is C24H30ClN5O7. The maximum atomic E-state index is 11.9. The molecule has 0 aliphatic carbocycles. The van der Waals surface area contributed by atoms with Crippen molar-refractivity contribution >= 4 is 34.3 Å². The van der Waals surface area contributed by atoms with E-state index in [2.05, 4.69) is 9.97 Å². The Bertz CT molecular complexity index is 1310. The van der Waals surface area contributed by atoms with E-state index in [1.54, 1.807) is 22.9 Å². The Morgan fingerprint density at radius 2 is 2.11 bits per heavy atom. The second kappa shape index (κ2) is 10.4. The molecule has 0 bridgehead atoms. The summed E-state index contributed by atoms with van der Waals surface area (Å²) in [5.74, 6) is 0.329.